The number of ether oxygens (including phenoxy) is 1. The first kappa shape index (κ1) is 22.5. The predicted octanol–water partition coefficient (Wildman–Crippen LogP) is 3.72. The van der Waals surface area contributed by atoms with Crippen LogP contribution in [0.4, 0.5) is 6.01 Å². The zero-order valence-corrected chi connectivity index (χ0v) is 19.7. The van der Waals surface area contributed by atoms with E-state index in [9.17, 15) is 0 Å². The minimum absolute atomic E-state index is 0.000372. The summed E-state index contributed by atoms with van der Waals surface area (Å²) in [6.45, 7) is 9.81. The molecule has 3 heterocycles. The van der Waals surface area contributed by atoms with Crippen molar-refractivity contribution in [3.05, 3.63) is 22.8 Å². The highest BCUT2D eigenvalue weighted by molar-refractivity contribution is 8.13. The third kappa shape index (κ3) is 5.51. The van der Waals surface area contributed by atoms with E-state index in [1.807, 2.05) is 25.3 Å². The van der Waals surface area contributed by atoms with Crippen molar-refractivity contribution in [1.82, 2.24) is 20.0 Å². The van der Waals surface area contributed by atoms with Gasteiger partial charge in [-0.2, -0.15) is 4.98 Å². The van der Waals surface area contributed by atoms with E-state index < -0.39 is 0 Å². The Morgan fingerprint density at radius 2 is 2.10 bits per heavy atom. The van der Waals surface area contributed by atoms with Crippen molar-refractivity contribution < 1.29 is 9.26 Å². The fourth-order valence-corrected chi connectivity index (χ4v) is 4.24. The van der Waals surface area contributed by atoms with Crippen LogP contribution < -0.4 is 14.4 Å². The molecule has 164 valence electrons. The molecule has 30 heavy (non-hydrogen) atoms. The first-order chi connectivity index (χ1) is 14.4. The van der Waals surface area contributed by atoms with Gasteiger partial charge in [-0.15, -0.1) is 21.7 Å². The van der Waals surface area contributed by atoms with Crippen LogP contribution >= 0.6 is 23.1 Å². The van der Waals surface area contributed by atoms with Crippen molar-refractivity contribution in [3.63, 3.8) is 0 Å². The van der Waals surface area contributed by atoms with Crippen LogP contribution in [0, 0.1) is 11.3 Å². The van der Waals surface area contributed by atoms with Crippen LogP contribution in [0.2, 0.25) is 0 Å². The fraction of sp³-hybridized carbons (Fsp3) is 0.632. The summed E-state index contributed by atoms with van der Waals surface area (Å²) in [5.41, 5.74) is 0. The highest BCUT2D eigenvalue weighted by atomic mass is 32.2. The van der Waals surface area contributed by atoms with Gasteiger partial charge in [0.05, 0.1) is 0 Å². The molecular formula is C19H29N7O2S2. The molecule has 0 aliphatic carbocycles. The summed E-state index contributed by atoms with van der Waals surface area (Å²) in [6, 6.07) is 0.606. The number of aromatic nitrogens is 4. The van der Waals surface area contributed by atoms with Gasteiger partial charge in [-0.3, -0.25) is 5.41 Å². The summed E-state index contributed by atoms with van der Waals surface area (Å²) in [4.78, 5) is 8.19. The van der Waals surface area contributed by atoms with Crippen molar-refractivity contribution in [1.29, 1.82) is 5.41 Å². The molecule has 0 spiro atoms. The molecule has 0 unspecified atom stereocenters. The van der Waals surface area contributed by atoms with Crippen LogP contribution in [0.1, 0.15) is 52.3 Å². The van der Waals surface area contributed by atoms with Crippen LogP contribution in [0.5, 0.6) is 5.19 Å². The van der Waals surface area contributed by atoms with E-state index in [2.05, 4.69) is 46.0 Å². The van der Waals surface area contributed by atoms with Crippen LogP contribution in [0.15, 0.2) is 21.8 Å². The molecule has 0 amide bonds. The Kier molecular flexibility index (Phi) is 7.70. The van der Waals surface area contributed by atoms with Crippen molar-refractivity contribution >= 4 is 34.2 Å². The monoisotopic (exact) mass is 451 g/mol. The molecule has 2 aromatic heterocycles. The molecule has 3 rings (SSSR count). The molecule has 9 nitrogen and oxygen atoms in total. The molecule has 2 aromatic rings. The average molecular weight is 452 g/mol. The molecule has 1 N–H and O–H groups in total. The average Bonchev–Trinajstić information content (AvgIpc) is 3.35. The number of anilines is 1. The molecule has 0 radical (unpaired) electrons. The standard InChI is InChI=1S/C19H29N7O2S2/c1-6-7-15(29-5)22-26-17(20)30-19(23-26)27-13(4)14-8-10-25(11-9-14)18-21-16(12(2)3)24-28-18/h6-7,12-14,20H,8-11H2,1-5H3/b7-6-,20-17?,22-15+/t13-/m1/s1. The molecule has 0 saturated carbocycles. The summed E-state index contributed by atoms with van der Waals surface area (Å²) in [5, 5.41) is 22.1. The molecule has 1 fully saturated rings. The van der Waals surface area contributed by atoms with Gasteiger partial charge in [-0.1, -0.05) is 30.2 Å². The number of hydrogen-bond donors (Lipinski definition) is 1. The van der Waals surface area contributed by atoms with Gasteiger partial charge in [0, 0.05) is 19.0 Å². The molecule has 1 aliphatic heterocycles. The van der Waals surface area contributed by atoms with Gasteiger partial charge in [0.15, 0.2) is 5.82 Å². The molecule has 0 bridgehead atoms. The Bertz CT molecular complexity index is 939. The molecule has 1 saturated heterocycles. The number of thioether (sulfide) groups is 1. The maximum absolute atomic E-state index is 8.10. The lowest BCUT2D eigenvalue weighted by atomic mass is 9.92. The first-order valence-electron chi connectivity index (χ1n) is 10.1. The topological polar surface area (TPSA) is 105 Å². The minimum Gasteiger partial charge on any atom is -0.466 e. The van der Waals surface area contributed by atoms with Gasteiger partial charge in [-0.25, -0.2) is 0 Å². The third-order valence-corrected chi connectivity index (χ3v) is 6.31. The van der Waals surface area contributed by atoms with Gasteiger partial charge in [0.25, 0.3) is 5.19 Å². The SMILES string of the molecule is C/C=C\C(=N/n1nc(O[C@H](C)C2CCN(c3nc(C(C)C)no3)CC2)sc1=N)SC. The number of piperidine rings is 1. The van der Waals surface area contributed by atoms with Gasteiger partial charge >= 0.3 is 6.01 Å². The largest absolute Gasteiger partial charge is 0.466 e. The predicted molar refractivity (Wildman–Crippen MR) is 121 cm³/mol. The van der Waals surface area contributed by atoms with Gasteiger partial charge in [0.2, 0.25) is 4.80 Å². The molecular weight excluding hydrogens is 422 g/mol. The van der Waals surface area contributed by atoms with Crippen LogP contribution in [-0.2, 0) is 0 Å². The Balaban J connectivity index is 1.57. The van der Waals surface area contributed by atoms with Gasteiger partial charge in [-0.05, 0) is 56.3 Å². The number of rotatable bonds is 7. The lowest BCUT2D eigenvalue weighted by molar-refractivity contribution is 0.129. The summed E-state index contributed by atoms with van der Waals surface area (Å²) in [6.07, 6.45) is 7.68. The van der Waals surface area contributed by atoms with Crippen LogP contribution in [0.3, 0.4) is 0 Å². The molecule has 11 heteroatoms. The van der Waals surface area contributed by atoms with Crippen molar-refractivity contribution in [2.75, 3.05) is 24.2 Å². The Labute approximate surface area is 184 Å². The van der Waals surface area contributed by atoms with E-state index in [1.54, 1.807) is 0 Å². The number of allylic oxidation sites excluding steroid dienone is 1. The summed E-state index contributed by atoms with van der Waals surface area (Å²) < 4.78 is 11.5. The quantitative estimate of drug-likeness (QED) is 0.505. The number of hydrogen-bond acceptors (Lipinski definition) is 10. The van der Waals surface area contributed by atoms with E-state index in [0.29, 0.717) is 17.1 Å². The second-order valence-corrected chi connectivity index (χ2v) is 9.21. The lowest BCUT2D eigenvalue weighted by Crippen LogP contribution is -2.38. The minimum atomic E-state index is -0.000372. The second-order valence-electron chi connectivity index (χ2n) is 7.44. The zero-order valence-electron chi connectivity index (χ0n) is 18.0. The molecule has 1 aliphatic rings. The smallest absolute Gasteiger partial charge is 0.324 e. The molecule has 0 aromatic carbocycles. The zero-order chi connectivity index (χ0) is 21.7. The highest BCUT2D eigenvalue weighted by Gasteiger charge is 2.28. The normalized spacial score (nSPS) is 17.3. The second kappa shape index (κ2) is 10.3. The Morgan fingerprint density at radius 3 is 2.70 bits per heavy atom. The van der Waals surface area contributed by atoms with Crippen molar-refractivity contribution in [2.24, 2.45) is 11.0 Å². The van der Waals surface area contributed by atoms with Gasteiger partial charge in [0.1, 0.15) is 11.1 Å². The maximum Gasteiger partial charge on any atom is 0.324 e. The van der Waals surface area contributed by atoms with E-state index >= 15 is 0 Å². The van der Waals surface area contributed by atoms with E-state index in [-0.39, 0.29) is 16.8 Å². The fourth-order valence-electron chi connectivity index (χ4n) is 3.16. The van der Waals surface area contributed by atoms with E-state index in [4.69, 9.17) is 14.7 Å². The van der Waals surface area contributed by atoms with Crippen molar-refractivity contribution in [2.45, 2.75) is 52.6 Å². The highest BCUT2D eigenvalue weighted by Crippen LogP contribution is 2.27. The lowest BCUT2D eigenvalue weighted by Gasteiger charge is -2.33. The molecule has 1 atom stereocenters. The number of nitrogens with zero attached hydrogens (tertiary/aromatic N) is 6. The van der Waals surface area contributed by atoms with E-state index in [0.717, 1.165) is 36.8 Å². The Morgan fingerprint density at radius 1 is 1.37 bits per heavy atom. The van der Waals surface area contributed by atoms with Crippen molar-refractivity contribution in [3.8, 4) is 5.19 Å². The Hall–Kier alpha value is -2.14. The maximum atomic E-state index is 8.10. The van der Waals surface area contributed by atoms with Crippen LogP contribution in [-0.4, -0.2) is 50.5 Å². The summed E-state index contributed by atoms with van der Waals surface area (Å²) >= 11 is 2.70. The van der Waals surface area contributed by atoms with Gasteiger partial charge < -0.3 is 14.2 Å². The van der Waals surface area contributed by atoms with Crippen LogP contribution in [0.25, 0.3) is 0 Å². The summed E-state index contributed by atoms with van der Waals surface area (Å²) in [5.74, 6) is 1.40. The number of nitrogens with one attached hydrogen (secondary N) is 1. The van der Waals surface area contributed by atoms with E-state index in [1.165, 1.54) is 27.9 Å². The summed E-state index contributed by atoms with van der Waals surface area (Å²) in [7, 11) is 0. The third-order valence-electron chi connectivity index (χ3n) is 4.96. The first-order valence-corrected chi connectivity index (χ1v) is 12.1.